The summed E-state index contributed by atoms with van der Waals surface area (Å²) in [5.41, 5.74) is 0.421. The minimum atomic E-state index is -0.307. The Morgan fingerprint density at radius 1 is 1.07 bits per heavy atom. The van der Waals surface area contributed by atoms with Crippen molar-refractivity contribution in [3.63, 3.8) is 0 Å². The first-order valence-corrected chi connectivity index (χ1v) is 10.0. The predicted octanol–water partition coefficient (Wildman–Crippen LogP) is 3.38. The summed E-state index contributed by atoms with van der Waals surface area (Å²) in [5.74, 6) is 0.585. The Morgan fingerprint density at radius 2 is 1.70 bits per heavy atom. The van der Waals surface area contributed by atoms with Gasteiger partial charge < -0.3 is 5.32 Å². The molecule has 6 atom stereocenters. The third-order valence-corrected chi connectivity index (χ3v) is 7.36. The van der Waals surface area contributed by atoms with Gasteiger partial charge in [0.05, 0.1) is 27.6 Å². The molecule has 1 aromatic carbocycles. The smallest absolute Gasteiger partial charge is 0.233 e. The number of halogens is 2. The number of nitrogens with one attached hydrogen (secondary N) is 1. The van der Waals surface area contributed by atoms with E-state index in [1.165, 1.54) is 4.90 Å². The highest BCUT2D eigenvalue weighted by molar-refractivity contribution is 6.44. The molecule has 0 radical (unpaired) electrons. The number of allylic oxidation sites excluding steroid dienone is 2. The number of carbonyl (C=O) groups excluding carboxylic acids is 3. The van der Waals surface area contributed by atoms with Gasteiger partial charge in [-0.05, 0) is 42.2 Å². The second-order valence-electron chi connectivity index (χ2n) is 7.88. The molecule has 2 saturated carbocycles. The highest BCUT2D eigenvalue weighted by atomic mass is 35.5. The van der Waals surface area contributed by atoms with Crippen molar-refractivity contribution in [3.8, 4) is 0 Å². The summed E-state index contributed by atoms with van der Waals surface area (Å²) in [4.78, 5) is 39.3. The molecule has 3 amide bonds. The maximum Gasteiger partial charge on any atom is 0.233 e. The molecule has 6 rings (SSSR count). The Labute approximate surface area is 166 Å². The number of amides is 3. The van der Waals surface area contributed by atoms with Gasteiger partial charge >= 0.3 is 0 Å². The van der Waals surface area contributed by atoms with Gasteiger partial charge in [-0.25, -0.2) is 0 Å². The summed E-state index contributed by atoms with van der Waals surface area (Å²) in [6.07, 6.45) is 5.46. The van der Waals surface area contributed by atoms with E-state index in [-0.39, 0.29) is 59.4 Å². The lowest BCUT2D eigenvalue weighted by Crippen LogP contribution is -2.40. The van der Waals surface area contributed by atoms with Crippen molar-refractivity contribution < 1.29 is 14.4 Å². The normalized spacial score (nSPS) is 35.3. The van der Waals surface area contributed by atoms with Crippen LogP contribution in [0.25, 0.3) is 0 Å². The van der Waals surface area contributed by atoms with E-state index < -0.39 is 0 Å². The third kappa shape index (κ3) is 2.55. The minimum Gasteiger partial charge on any atom is -0.325 e. The first-order valence-electron chi connectivity index (χ1n) is 9.25. The zero-order valence-electron chi connectivity index (χ0n) is 14.4. The van der Waals surface area contributed by atoms with Crippen LogP contribution in [0.3, 0.4) is 0 Å². The summed E-state index contributed by atoms with van der Waals surface area (Å²) >= 11 is 12.0. The number of hydrogen-bond donors (Lipinski definition) is 1. The second kappa shape index (κ2) is 6.08. The van der Waals surface area contributed by atoms with Crippen molar-refractivity contribution in [3.05, 3.63) is 40.4 Å². The summed E-state index contributed by atoms with van der Waals surface area (Å²) in [6, 6.07) is 4.98. The molecule has 0 spiro atoms. The molecule has 1 aromatic rings. The van der Waals surface area contributed by atoms with Gasteiger partial charge in [-0.2, -0.15) is 0 Å². The molecular weight excluding hydrogens is 387 g/mol. The number of anilines is 1. The van der Waals surface area contributed by atoms with E-state index in [0.29, 0.717) is 22.5 Å². The molecule has 7 heteroatoms. The van der Waals surface area contributed by atoms with Gasteiger partial charge in [-0.1, -0.05) is 41.4 Å². The highest BCUT2D eigenvalue weighted by Gasteiger charge is 2.66. The molecule has 5 nitrogen and oxygen atoms in total. The maximum absolute atomic E-state index is 12.9. The van der Waals surface area contributed by atoms with E-state index in [9.17, 15) is 14.4 Å². The Balaban J connectivity index is 1.26. The number of benzene rings is 1. The predicted molar refractivity (Wildman–Crippen MR) is 101 cm³/mol. The van der Waals surface area contributed by atoms with Crippen molar-refractivity contribution in [1.29, 1.82) is 0 Å². The molecule has 27 heavy (non-hydrogen) atoms. The van der Waals surface area contributed by atoms with Crippen LogP contribution in [0.5, 0.6) is 0 Å². The van der Waals surface area contributed by atoms with Crippen LogP contribution in [-0.2, 0) is 14.4 Å². The number of carbonyl (C=O) groups is 3. The number of nitrogens with zero attached hydrogens (tertiary/aromatic N) is 1. The first kappa shape index (κ1) is 17.3. The number of imide groups is 1. The van der Waals surface area contributed by atoms with Crippen LogP contribution in [-0.4, -0.2) is 29.2 Å². The quantitative estimate of drug-likeness (QED) is 0.617. The van der Waals surface area contributed by atoms with Gasteiger partial charge in [-0.3, -0.25) is 19.3 Å². The molecule has 1 aliphatic heterocycles. The molecule has 1 saturated heterocycles. The molecule has 5 aliphatic rings. The lowest BCUT2D eigenvalue weighted by Gasteiger charge is -2.37. The summed E-state index contributed by atoms with van der Waals surface area (Å²) in [5, 5.41) is 3.32. The fraction of sp³-hybridized carbons (Fsp3) is 0.450. The lowest BCUT2D eigenvalue weighted by molar-refractivity contribution is -0.140. The highest BCUT2D eigenvalue weighted by Crippen LogP contribution is 2.65. The third-order valence-electron chi connectivity index (χ3n) is 6.54. The molecule has 1 N–H and O–H groups in total. The largest absolute Gasteiger partial charge is 0.325 e. The van der Waals surface area contributed by atoms with Crippen LogP contribution < -0.4 is 5.32 Å². The topological polar surface area (TPSA) is 66.5 Å². The summed E-state index contributed by atoms with van der Waals surface area (Å²) < 4.78 is 0. The van der Waals surface area contributed by atoms with E-state index >= 15 is 0 Å². The monoisotopic (exact) mass is 404 g/mol. The average molecular weight is 405 g/mol. The zero-order chi connectivity index (χ0) is 18.9. The van der Waals surface area contributed by atoms with Crippen LogP contribution >= 0.6 is 23.2 Å². The van der Waals surface area contributed by atoms with Crippen molar-refractivity contribution in [2.24, 2.45) is 35.5 Å². The number of likely N-dealkylation sites (tertiary alicyclic amines) is 1. The van der Waals surface area contributed by atoms with Gasteiger partial charge in [0.15, 0.2) is 0 Å². The Bertz CT molecular complexity index is 863. The van der Waals surface area contributed by atoms with E-state index in [1.54, 1.807) is 18.2 Å². The van der Waals surface area contributed by atoms with Crippen LogP contribution in [0, 0.1) is 35.5 Å². The summed E-state index contributed by atoms with van der Waals surface area (Å²) in [7, 11) is 0. The van der Waals surface area contributed by atoms with Crippen molar-refractivity contribution in [1.82, 2.24) is 4.90 Å². The molecular formula is C20H18Cl2N2O3. The number of hydrogen-bond acceptors (Lipinski definition) is 3. The lowest BCUT2D eigenvalue weighted by atomic mass is 9.63. The van der Waals surface area contributed by atoms with Crippen molar-refractivity contribution in [2.45, 2.75) is 12.8 Å². The van der Waals surface area contributed by atoms with Crippen LogP contribution in [0.4, 0.5) is 5.69 Å². The first-order chi connectivity index (χ1) is 13.0. The SMILES string of the molecule is O=C(CCN1C(=O)[C@@H]2[C@H]3C=C[C@@H]([C@@H]4C[C@@H]34)[C@H]2C1=O)Nc1cccc(Cl)c1Cl. The van der Waals surface area contributed by atoms with Gasteiger partial charge in [0.2, 0.25) is 17.7 Å². The van der Waals surface area contributed by atoms with Gasteiger partial charge in [0.25, 0.3) is 0 Å². The van der Waals surface area contributed by atoms with Gasteiger partial charge in [-0.15, -0.1) is 0 Å². The molecule has 3 fully saturated rings. The maximum atomic E-state index is 12.9. The Hall–Kier alpha value is -1.85. The molecule has 0 aromatic heterocycles. The molecule has 4 aliphatic carbocycles. The van der Waals surface area contributed by atoms with Gasteiger partial charge in [0.1, 0.15) is 0 Å². The second-order valence-corrected chi connectivity index (χ2v) is 8.67. The average Bonchev–Trinajstić information content (AvgIpc) is 3.43. The molecule has 1 heterocycles. The molecule has 2 bridgehead atoms. The Kier molecular flexibility index (Phi) is 3.89. The fourth-order valence-electron chi connectivity index (χ4n) is 5.27. The minimum absolute atomic E-state index is 0.0371. The van der Waals surface area contributed by atoms with Crippen LogP contribution in [0.1, 0.15) is 12.8 Å². The fourth-order valence-corrected chi connectivity index (χ4v) is 5.61. The molecule has 0 unspecified atom stereocenters. The van der Waals surface area contributed by atoms with E-state index in [4.69, 9.17) is 23.2 Å². The van der Waals surface area contributed by atoms with Crippen molar-refractivity contribution >= 4 is 46.6 Å². The standard InChI is InChI=1S/C20H18Cl2N2O3/c21-13-2-1-3-14(18(13)22)23-15(25)6-7-24-19(26)16-9-4-5-10(12-8-11(9)12)17(16)20(24)27/h1-5,9-12,16-17H,6-8H2,(H,23,25)/t9-,10-,11-,12-,16+,17+/m0/s1. The van der Waals surface area contributed by atoms with Crippen LogP contribution in [0.15, 0.2) is 30.4 Å². The van der Waals surface area contributed by atoms with Gasteiger partial charge in [0, 0.05) is 13.0 Å². The van der Waals surface area contributed by atoms with E-state index in [0.717, 1.165) is 6.42 Å². The molecule has 140 valence electrons. The van der Waals surface area contributed by atoms with Crippen molar-refractivity contribution in [2.75, 3.05) is 11.9 Å². The zero-order valence-corrected chi connectivity index (χ0v) is 15.9. The number of rotatable bonds is 4. The van der Waals surface area contributed by atoms with E-state index in [1.807, 2.05) is 0 Å². The Morgan fingerprint density at radius 3 is 2.33 bits per heavy atom. The summed E-state index contributed by atoms with van der Waals surface area (Å²) in [6.45, 7) is 0.101. The van der Waals surface area contributed by atoms with Crippen LogP contribution in [0.2, 0.25) is 10.0 Å². The van der Waals surface area contributed by atoms with E-state index in [2.05, 4.69) is 17.5 Å².